The van der Waals surface area contributed by atoms with Gasteiger partial charge in [-0.25, -0.2) is 9.78 Å². The Morgan fingerprint density at radius 3 is 2.47 bits per heavy atom. The van der Waals surface area contributed by atoms with E-state index >= 15 is 0 Å². The number of Topliss-reactive ketones (excluding diaryl/α,β-unsaturated/α-hetero) is 1. The smallest absolute Gasteiger partial charge is 0.339 e. The molecule has 2 heterocycles. The average molecular weight is 408 g/mol. The molecular weight excluding hydrogens is 384 g/mol. The molecule has 8 nitrogen and oxygen atoms in total. The predicted octanol–water partition coefficient (Wildman–Crippen LogP) is 2.42. The second-order valence-electron chi connectivity index (χ2n) is 7.03. The summed E-state index contributed by atoms with van der Waals surface area (Å²) in [4.78, 5) is 43.3. The average Bonchev–Trinajstić information content (AvgIpc) is 3.34. The van der Waals surface area contributed by atoms with Gasteiger partial charge in [-0.05, 0) is 23.6 Å². The largest absolute Gasteiger partial charge is 0.465 e. The van der Waals surface area contributed by atoms with E-state index in [0.717, 1.165) is 17.7 Å². The highest BCUT2D eigenvalue weighted by atomic mass is 16.5. The number of H-pyrrole nitrogens is 1. The Bertz CT molecular complexity index is 1050. The van der Waals surface area contributed by atoms with Gasteiger partial charge in [-0.2, -0.15) is 0 Å². The fourth-order valence-corrected chi connectivity index (χ4v) is 3.30. The Balaban J connectivity index is 1.62. The third-order valence-corrected chi connectivity index (χ3v) is 4.84. The number of carbonyl (C=O) groups excluding carboxylic acids is 3. The van der Waals surface area contributed by atoms with Gasteiger partial charge in [0.15, 0.2) is 5.78 Å². The van der Waals surface area contributed by atoms with Crippen LogP contribution < -0.4 is 5.32 Å². The summed E-state index contributed by atoms with van der Waals surface area (Å²) in [5, 5.41) is 2.84. The predicted molar refractivity (Wildman–Crippen MR) is 110 cm³/mol. The first-order valence-corrected chi connectivity index (χ1v) is 9.50. The van der Waals surface area contributed by atoms with Gasteiger partial charge in [0.05, 0.1) is 31.1 Å². The first-order valence-electron chi connectivity index (χ1n) is 9.50. The maximum absolute atomic E-state index is 12.4. The Morgan fingerprint density at radius 1 is 1.17 bits per heavy atom. The number of hydrogen-bond acceptors (Lipinski definition) is 5. The molecule has 2 aromatic heterocycles. The lowest BCUT2D eigenvalue weighted by atomic mass is 10.1. The summed E-state index contributed by atoms with van der Waals surface area (Å²) in [7, 11) is 1.27. The molecule has 0 atom stereocenters. The molecule has 0 bridgehead atoms. The summed E-state index contributed by atoms with van der Waals surface area (Å²) in [5.41, 5.74) is 3.50. The first-order chi connectivity index (χ1) is 14.4. The number of ether oxygens (including phenoxy) is 1. The van der Waals surface area contributed by atoms with Crippen molar-refractivity contribution >= 4 is 17.7 Å². The Morgan fingerprint density at radius 2 is 1.87 bits per heavy atom. The highest BCUT2D eigenvalue weighted by Gasteiger charge is 2.24. The van der Waals surface area contributed by atoms with Crippen LogP contribution in [-0.4, -0.2) is 39.3 Å². The molecule has 0 aliphatic carbocycles. The van der Waals surface area contributed by atoms with Crippen LogP contribution in [0.4, 0.5) is 0 Å². The Hall–Kier alpha value is -3.68. The molecule has 0 aliphatic heterocycles. The number of benzene rings is 1. The minimum Gasteiger partial charge on any atom is -0.465 e. The molecule has 156 valence electrons. The van der Waals surface area contributed by atoms with Gasteiger partial charge in [0, 0.05) is 38.1 Å². The molecule has 0 fully saturated rings. The second kappa shape index (κ2) is 9.21. The minimum atomic E-state index is -0.576. The molecule has 8 heteroatoms. The monoisotopic (exact) mass is 408 g/mol. The van der Waals surface area contributed by atoms with Crippen LogP contribution in [0.15, 0.2) is 43.0 Å². The normalized spacial score (nSPS) is 10.6. The van der Waals surface area contributed by atoms with Crippen molar-refractivity contribution in [3.05, 3.63) is 76.6 Å². The van der Waals surface area contributed by atoms with Gasteiger partial charge in [-0.1, -0.05) is 24.3 Å². The number of hydrogen-bond donors (Lipinski definition) is 2. The fraction of sp³-hybridized carbons (Fsp3) is 0.273. The van der Waals surface area contributed by atoms with Crippen molar-refractivity contribution in [2.24, 2.45) is 0 Å². The number of aromatic amines is 1. The number of methoxy groups -OCH3 is 1. The highest BCUT2D eigenvalue weighted by molar-refractivity contribution is 6.01. The zero-order valence-electron chi connectivity index (χ0n) is 17.2. The summed E-state index contributed by atoms with van der Waals surface area (Å²) in [6.45, 7) is 4.15. The van der Waals surface area contributed by atoms with Crippen LogP contribution in [0.1, 0.15) is 50.2 Å². The first kappa shape index (κ1) is 21.0. The molecule has 1 aromatic carbocycles. The van der Waals surface area contributed by atoms with E-state index in [1.54, 1.807) is 19.4 Å². The maximum Gasteiger partial charge on any atom is 0.339 e. The lowest BCUT2D eigenvalue weighted by Gasteiger charge is -2.08. The van der Waals surface area contributed by atoms with Crippen LogP contribution in [0.25, 0.3) is 0 Å². The molecule has 0 radical (unpaired) electrons. The molecule has 0 saturated heterocycles. The molecule has 3 rings (SSSR count). The van der Waals surface area contributed by atoms with Crippen LogP contribution in [0.3, 0.4) is 0 Å². The van der Waals surface area contributed by atoms with Crippen LogP contribution in [0.5, 0.6) is 0 Å². The Kier molecular flexibility index (Phi) is 6.46. The summed E-state index contributed by atoms with van der Waals surface area (Å²) < 4.78 is 6.78. The van der Waals surface area contributed by atoms with Gasteiger partial charge in [0.25, 0.3) is 0 Å². The van der Waals surface area contributed by atoms with Crippen LogP contribution in [0, 0.1) is 6.92 Å². The van der Waals surface area contributed by atoms with Crippen molar-refractivity contribution in [2.45, 2.75) is 33.4 Å². The fourth-order valence-electron chi connectivity index (χ4n) is 3.30. The zero-order chi connectivity index (χ0) is 21.7. The lowest BCUT2D eigenvalue weighted by Crippen LogP contribution is -2.25. The number of esters is 1. The summed E-state index contributed by atoms with van der Waals surface area (Å²) in [6.07, 6.45) is 5.34. The van der Waals surface area contributed by atoms with E-state index in [-0.39, 0.29) is 23.7 Å². The lowest BCUT2D eigenvalue weighted by molar-refractivity contribution is -0.120. The summed E-state index contributed by atoms with van der Waals surface area (Å²) in [5.74, 6) is -1.05. The van der Waals surface area contributed by atoms with Gasteiger partial charge < -0.3 is 19.6 Å². The molecule has 30 heavy (non-hydrogen) atoms. The van der Waals surface area contributed by atoms with E-state index in [0.29, 0.717) is 23.5 Å². The molecule has 0 unspecified atom stereocenters. The number of amides is 1. The SMILES string of the molecule is COC(=O)c1c(CC(=O)NCc2ccc(Cn3ccnc3)cc2)[nH]c(C(C)=O)c1C. The molecule has 1 amide bonds. The topological polar surface area (TPSA) is 106 Å². The van der Waals surface area contributed by atoms with Crippen LogP contribution in [0.2, 0.25) is 0 Å². The van der Waals surface area contributed by atoms with Crippen LogP contribution >= 0.6 is 0 Å². The van der Waals surface area contributed by atoms with Crippen molar-refractivity contribution in [3.63, 3.8) is 0 Å². The quantitative estimate of drug-likeness (QED) is 0.440. The highest BCUT2D eigenvalue weighted by Crippen LogP contribution is 2.20. The van der Waals surface area contributed by atoms with E-state index in [1.807, 2.05) is 35.0 Å². The number of nitrogens with zero attached hydrogens (tertiary/aromatic N) is 2. The molecule has 0 spiro atoms. The molecule has 0 aliphatic rings. The summed E-state index contributed by atoms with van der Waals surface area (Å²) in [6, 6.07) is 7.92. The van der Waals surface area contributed by atoms with E-state index in [4.69, 9.17) is 4.74 Å². The van der Waals surface area contributed by atoms with Gasteiger partial charge in [-0.15, -0.1) is 0 Å². The molecular formula is C22H24N4O4. The standard InChI is InChI=1S/C22H24N4O4/c1-14-20(22(29)30-3)18(25-21(14)15(2)27)10-19(28)24-11-16-4-6-17(7-5-16)12-26-9-8-23-13-26/h4-9,13,25H,10-12H2,1-3H3,(H,24,28). The molecule has 2 N–H and O–H groups in total. The third kappa shape index (κ3) is 4.83. The van der Waals surface area contributed by atoms with E-state index < -0.39 is 5.97 Å². The number of ketones is 1. The van der Waals surface area contributed by atoms with Crippen molar-refractivity contribution in [3.8, 4) is 0 Å². The van der Waals surface area contributed by atoms with E-state index in [2.05, 4.69) is 15.3 Å². The molecule has 0 saturated carbocycles. The maximum atomic E-state index is 12.4. The number of imidazole rings is 1. The molecule has 3 aromatic rings. The third-order valence-electron chi connectivity index (χ3n) is 4.84. The summed E-state index contributed by atoms with van der Waals surface area (Å²) >= 11 is 0. The van der Waals surface area contributed by atoms with Crippen molar-refractivity contribution < 1.29 is 19.1 Å². The number of aromatic nitrogens is 3. The second-order valence-corrected chi connectivity index (χ2v) is 7.03. The Labute approximate surface area is 174 Å². The van der Waals surface area contributed by atoms with E-state index in [1.165, 1.54) is 14.0 Å². The van der Waals surface area contributed by atoms with Gasteiger partial charge in [0.1, 0.15) is 0 Å². The van der Waals surface area contributed by atoms with Gasteiger partial charge in [-0.3, -0.25) is 9.59 Å². The van der Waals surface area contributed by atoms with Crippen LogP contribution in [-0.2, 0) is 29.0 Å². The zero-order valence-corrected chi connectivity index (χ0v) is 17.2. The van der Waals surface area contributed by atoms with Gasteiger partial charge >= 0.3 is 5.97 Å². The number of rotatable bonds is 8. The van der Waals surface area contributed by atoms with E-state index in [9.17, 15) is 14.4 Å². The van der Waals surface area contributed by atoms with Crippen molar-refractivity contribution in [2.75, 3.05) is 7.11 Å². The number of nitrogens with one attached hydrogen (secondary N) is 2. The van der Waals surface area contributed by atoms with Gasteiger partial charge in [0.2, 0.25) is 5.91 Å². The minimum absolute atomic E-state index is 0.0583. The number of carbonyl (C=O) groups is 3. The van der Waals surface area contributed by atoms with Crippen molar-refractivity contribution in [1.82, 2.24) is 19.9 Å². The van der Waals surface area contributed by atoms with Crippen molar-refractivity contribution in [1.29, 1.82) is 0 Å².